The van der Waals surface area contributed by atoms with E-state index in [1.165, 1.54) is 25.7 Å². The van der Waals surface area contributed by atoms with Crippen LogP contribution in [0.2, 0.25) is 0 Å². The van der Waals surface area contributed by atoms with Crippen LogP contribution in [0.1, 0.15) is 57.0 Å². The molecule has 2 rings (SSSR count). The van der Waals surface area contributed by atoms with E-state index in [-0.39, 0.29) is 5.60 Å². The van der Waals surface area contributed by atoms with E-state index in [1.54, 1.807) is 7.11 Å². The molecule has 0 radical (unpaired) electrons. The summed E-state index contributed by atoms with van der Waals surface area (Å²) in [4.78, 5) is 9.50. The number of anilines is 1. The highest BCUT2D eigenvalue weighted by Crippen LogP contribution is 2.38. The molecule has 0 bridgehead atoms. The summed E-state index contributed by atoms with van der Waals surface area (Å²) < 4.78 is 6.88. The molecule has 20 heavy (non-hydrogen) atoms. The van der Waals surface area contributed by atoms with Gasteiger partial charge in [-0.05, 0) is 35.2 Å². The molecule has 0 aromatic carbocycles. The van der Waals surface area contributed by atoms with Gasteiger partial charge in [0.1, 0.15) is 11.4 Å². The van der Waals surface area contributed by atoms with E-state index in [4.69, 9.17) is 14.7 Å². The first-order valence-corrected chi connectivity index (χ1v) is 8.26. The van der Waals surface area contributed by atoms with Gasteiger partial charge in [-0.15, -0.1) is 0 Å². The molecule has 4 nitrogen and oxygen atoms in total. The van der Waals surface area contributed by atoms with Crippen molar-refractivity contribution in [1.29, 1.82) is 0 Å². The molecule has 1 aromatic rings. The van der Waals surface area contributed by atoms with Crippen molar-refractivity contribution in [3.63, 3.8) is 0 Å². The first kappa shape index (κ1) is 15.7. The molecule has 1 aliphatic carbocycles. The molecule has 1 aliphatic rings. The van der Waals surface area contributed by atoms with Crippen molar-refractivity contribution in [3.8, 4) is 0 Å². The highest BCUT2D eigenvalue weighted by Gasteiger charge is 2.36. The van der Waals surface area contributed by atoms with Crippen LogP contribution in [-0.4, -0.2) is 24.1 Å². The van der Waals surface area contributed by atoms with E-state index >= 15 is 0 Å². The average molecular weight is 342 g/mol. The summed E-state index contributed by atoms with van der Waals surface area (Å²) in [5.74, 6) is 1.69. The molecule has 1 saturated carbocycles. The highest BCUT2D eigenvalue weighted by atomic mass is 79.9. The van der Waals surface area contributed by atoms with E-state index < -0.39 is 0 Å². The van der Waals surface area contributed by atoms with Crippen molar-refractivity contribution in [2.24, 2.45) is 0 Å². The maximum absolute atomic E-state index is 5.92. The lowest BCUT2D eigenvalue weighted by atomic mass is 9.93. The van der Waals surface area contributed by atoms with Crippen molar-refractivity contribution in [3.05, 3.63) is 16.0 Å². The van der Waals surface area contributed by atoms with Gasteiger partial charge in [-0.1, -0.05) is 32.6 Å². The van der Waals surface area contributed by atoms with E-state index in [1.807, 2.05) is 7.05 Å². The minimum atomic E-state index is -0.313. The van der Waals surface area contributed by atoms with Crippen LogP contribution in [0.15, 0.2) is 4.47 Å². The molecular weight excluding hydrogens is 318 g/mol. The number of methoxy groups -OCH3 is 1. The van der Waals surface area contributed by atoms with E-state index in [0.29, 0.717) is 0 Å². The fraction of sp³-hybridized carbons (Fsp3) is 0.733. The maximum Gasteiger partial charge on any atom is 0.162 e. The molecule has 1 N–H and O–H groups in total. The molecule has 5 heteroatoms. The molecular formula is C15H24BrN3O. The number of ether oxygens (including phenoxy) is 1. The lowest BCUT2D eigenvalue weighted by Crippen LogP contribution is -2.31. The molecule has 0 atom stereocenters. The standard InChI is InChI=1S/C15H24BrN3O/c1-4-11-12(16)13(17-2)19-14(18-11)15(20-3)9-7-5-6-8-10-15/h4-10H2,1-3H3,(H,17,18,19). The van der Waals surface area contributed by atoms with Crippen LogP contribution >= 0.6 is 15.9 Å². The van der Waals surface area contributed by atoms with Gasteiger partial charge in [0.05, 0.1) is 10.2 Å². The molecule has 0 saturated heterocycles. The molecule has 1 heterocycles. The summed E-state index contributed by atoms with van der Waals surface area (Å²) in [5.41, 5.74) is 0.729. The molecule has 0 aliphatic heterocycles. The monoisotopic (exact) mass is 341 g/mol. The topological polar surface area (TPSA) is 47.0 Å². The summed E-state index contributed by atoms with van der Waals surface area (Å²) in [6, 6.07) is 0. The number of halogens is 1. The lowest BCUT2D eigenvalue weighted by molar-refractivity contribution is -0.0352. The van der Waals surface area contributed by atoms with Crippen molar-refractivity contribution < 1.29 is 4.74 Å². The Hall–Kier alpha value is -0.680. The maximum atomic E-state index is 5.92. The van der Waals surface area contributed by atoms with Gasteiger partial charge in [0.25, 0.3) is 0 Å². The van der Waals surface area contributed by atoms with Gasteiger partial charge in [-0.2, -0.15) is 0 Å². The normalized spacial score (nSPS) is 18.6. The van der Waals surface area contributed by atoms with Crippen molar-refractivity contribution in [2.75, 3.05) is 19.5 Å². The SMILES string of the molecule is CCc1nc(C2(OC)CCCCCC2)nc(NC)c1Br. The van der Waals surface area contributed by atoms with Gasteiger partial charge < -0.3 is 10.1 Å². The van der Waals surface area contributed by atoms with Gasteiger partial charge in [0.15, 0.2) is 5.82 Å². The summed E-state index contributed by atoms with van der Waals surface area (Å²) >= 11 is 3.59. The van der Waals surface area contributed by atoms with Gasteiger partial charge in [0.2, 0.25) is 0 Å². The van der Waals surface area contributed by atoms with Gasteiger partial charge in [-0.25, -0.2) is 9.97 Å². The van der Waals surface area contributed by atoms with Gasteiger partial charge in [0, 0.05) is 14.2 Å². The lowest BCUT2D eigenvalue weighted by Gasteiger charge is -2.30. The summed E-state index contributed by atoms with van der Waals surface area (Å²) in [6.07, 6.45) is 7.83. The quantitative estimate of drug-likeness (QED) is 0.839. The molecule has 0 unspecified atom stereocenters. The summed E-state index contributed by atoms with van der Waals surface area (Å²) in [7, 11) is 3.68. The minimum Gasteiger partial charge on any atom is -0.372 e. The predicted octanol–water partition coefficient (Wildman–Crippen LogP) is 4.04. The van der Waals surface area contributed by atoms with Crippen molar-refractivity contribution >= 4 is 21.7 Å². The third-order valence-corrected chi connectivity index (χ3v) is 5.03. The first-order valence-electron chi connectivity index (χ1n) is 7.46. The average Bonchev–Trinajstić information content (AvgIpc) is 2.74. The number of nitrogens with one attached hydrogen (secondary N) is 1. The number of aromatic nitrogens is 2. The third kappa shape index (κ3) is 2.98. The smallest absolute Gasteiger partial charge is 0.162 e. The van der Waals surface area contributed by atoms with Crippen LogP contribution < -0.4 is 5.32 Å². The van der Waals surface area contributed by atoms with E-state index in [2.05, 4.69) is 28.2 Å². The number of rotatable bonds is 4. The van der Waals surface area contributed by atoms with Crippen LogP contribution in [-0.2, 0) is 16.8 Å². The Labute approximate surface area is 129 Å². The first-order chi connectivity index (χ1) is 9.66. The summed E-state index contributed by atoms with van der Waals surface area (Å²) in [6.45, 7) is 2.11. The zero-order valence-electron chi connectivity index (χ0n) is 12.6. The Morgan fingerprint density at radius 2 is 1.85 bits per heavy atom. The number of hydrogen-bond donors (Lipinski definition) is 1. The molecule has 0 spiro atoms. The second-order valence-electron chi connectivity index (χ2n) is 5.37. The Morgan fingerprint density at radius 1 is 1.20 bits per heavy atom. The Morgan fingerprint density at radius 3 is 2.35 bits per heavy atom. The zero-order chi connectivity index (χ0) is 14.6. The van der Waals surface area contributed by atoms with Crippen molar-refractivity contribution in [2.45, 2.75) is 57.5 Å². The molecule has 0 amide bonds. The van der Waals surface area contributed by atoms with Crippen molar-refractivity contribution in [1.82, 2.24) is 9.97 Å². The fourth-order valence-corrected chi connectivity index (χ4v) is 3.57. The van der Waals surface area contributed by atoms with Crippen LogP contribution in [0.3, 0.4) is 0 Å². The second-order valence-corrected chi connectivity index (χ2v) is 6.17. The number of nitrogens with zero attached hydrogens (tertiary/aromatic N) is 2. The molecule has 112 valence electrons. The highest BCUT2D eigenvalue weighted by molar-refractivity contribution is 9.10. The van der Waals surface area contributed by atoms with E-state index in [0.717, 1.165) is 41.1 Å². The van der Waals surface area contributed by atoms with Crippen LogP contribution in [0.4, 0.5) is 5.82 Å². The van der Waals surface area contributed by atoms with Crippen LogP contribution in [0.25, 0.3) is 0 Å². The largest absolute Gasteiger partial charge is 0.372 e. The minimum absolute atomic E-state index is 0.313. The third-order valence-electron chi connectivity index (χ3n) is 4.20. The number of aryl methyl sites for hydroxylation is 1. The van der Waals surface area contributed by atoms with Crippen LogP contribution in [0.5, 0.6) is 0 Å². The summed E-state index contributed by atoms with van der Waals surface area (Å²) in [5, 5.41) is 3.15. The molecule has 1 aromatic heterocycles. The fourth-order valence-electron chi connectivity index (χ4n) is 2.92. The zero-order valence-corrected chi connectivity index (χ0v) is 14.2. The number of hydrogen-bond acceptors (Lipinski definition) is 4. The Bertz CT molecular complexity index is 431. The predicted molar refractivity (Wildman–Crippen MR) is 85.0 cm³/mol. The van der Waals surface area contributed by atoms with Crippen LogP contribution in [0, 0.1) is 0 Å². The molecule has 1 fully saturated rings. The van der Waals surface area contributed by atoms with Gasteiger partial charge in [-0.3, -0.25) is 0 Å². The van der Waals surface area contributed by atoms with E-state index in [9.17, 15) is 0 Å². The van der Waals surface area contributed by atoms with Gasteiger partial charge >= 0.3 is 0 Å². The second kappa shape index (κ2) is 6.85. The Balaban J connectivity index is 2.47. The Kier molecular flexibility index (Phi) is 5.38.